The van der Waals surface area contributed by atoms with E-state index >= 15 is 0 Å². The Balaban J connectivity index is 2.36. The molecule has 0 saturated carbocycles. The Morgan fingerprint density at radius 2 is 1.95 bits per heavy atom. The minimum absolute atomic E-state index is 0.129. The highest BCUT2D eigenvalue weighted by Crippen LogP contribution is 2.33. The van der Waals surface area contributed by atoms with Crippen LogP contribution in [0.4, 0.5) is 19.0 Å². The fraction of sp³-hybridized carbons (Fsp3) is 0.167. The molecule has 1 N–H and O–H groups in total. The van der Waals surface area contributed by atoms with Gasteiger partial charge in [-0.1, -0.05) is 33.8 Å². The van der Waals surface area contributed by atoms with Gasteiger partial charge in [0.25, 0.3) is 0 Å². The predicted molar refractivity (Wildman–Crippen MR) is 74.8 cm³/mol. The van der Waals surface area contributed by atoms with Crippen molar-refractivity contribution in [3.8, 4) is 0 Å². The van der Waals surface area contributed by atoms with Gasteiger partial charge < -0.3 is 5.32 Å². The monoisotopic (exact) mass is 363 g/mol. The summed E-state index contributed by atoms with van der Waals surface area (Å²) in [5, 5.41) is 2.83. The quantitative estimate of drug-likeness (QED) is 0.817. The summed E-state index contributed by atoms with van der Waals surface area (Å²) in [5.74, 6) is -1.02. The lowest BCUT2D eigenvalue weighted by Gasteiger charge is -2.09. The number of hydrogen-bond donors (Lipinski definition) is 1. The van der Waals surface area contributed by atoms with Crippen molar-refractivity contribution in [2.45, 2.75) is 16.1 Å². The molecule has 0 unspecified atom stereocenters. The second kappa shape index (κ2) is 6.01. The summed E-state index contributed by atoms with van der Waals surface area (Å²) >= 11 is 4.45. The first kappa shape index (κ1) is 15.1. The average molecular weight is 364 g/mol. The fourth-order valence-corrected chi connectivity index (χ4v) is 2.81. The molecule has 0 fully saturated rings. The predicted octanol–water partition coefficient (Wildman–Crippen LogP) is 4.45. The Morgan fingerprint density at radius 1 is 1.20 bits per heavy atom. The highest BCUT2D eigenvalue weighted by molar-refractivity contribution is 9.10. The van der Waals surface area contributed by atoms with E-state index in [9.17, 15) is 13.2 Å². The van der Waals surface area contributed by atoms with Crippen LogP contribution in [0.3, 0.4) is 0 Å². The Hall–Kier alpha value is -1.28. The zero-order valence-corrected chi connectivity index (χ0v) is 12.6. The molecule has 2 aromatic rings. The minimum atomic E-state index is -4.57. The number of halogens is 4. The van der Waals surface area contributed by atoms with E-state index in [2.05, 4.69) is 31.2 Å². The van der Waals surface area contributed by atoms with Gasteiger partial charge in [0.15, 0.2) is 0 Å². The van der Waals surface area contributed by atoms with Crippen LogP contribution in [0, 0.1) is 0 Å². The van der Waals surface area contributed by atoms with Crippen LogP contribution in [-0.2, 0) is 6.18 Å². The molecule has 3 nitrogen and oxygen atoms in total. The number of aromatic nitrogens is 2. The van der Waals surface area contributed by atoms with Crippen molar-refractivity contribution in [3.05, 3.63) is 40.6 Å². The summed E-state index contributed by atoms with van der Waals surface area (Å²) in [6, 6.07) is 8.71. The highest BCUT2D eigenvalue weighted by atomic mass is 79.9. The molecule has 2 rings (SSSR count). The molecule has 0 aliphatic rings. The molecule has 1 aromatic heterocycles. The molecule has 8 heteroatoms. The highest BCUT2D eigenvalue weighted by Gasteiger charge is 2.35. The maximum Gasteiger partial charge on any atom is 0.451 e. The topological polar surface area (TPSA) is 37.8 Å². The van der Waals surface area contributed by atoms with Crippen molar-refractivity contribution in [2.75, 3.05) is 12.4 Å². The average Bonchev–Trinajstić information content (AvgIpc) is 2.37. The van der Waals surface area contributed by atoms with Crippen LogP contribution >= 0.6 is 27.7 Å². The van der Waals surface area contributed by atoms with Gasteiger partial charge in [0.2, 0.25) is 5.82 Å². The van der Waals surface area contributed by atoms with E-state index in [0.29, 0.717) is 0 Å². The zero-order valence-electron chi connectivity index (χ0n) is 10.2. The van der Waals surface area contributed by atoms with E-state index in [-0.39, 0.29) is 10.8 Å². The number of nitrogens with one attached hydrogen (secondary N) is 1. The van der Waals surface area contributed by atoms with Crippen LogP contribution in [0.5, 0.6) is 0 Å². The third-order valence-electron chi connectivity index (χ3n) is 2.23. The summed E-state index contributed by atoms with van der Waals surface area (Å²) < 4.78 is 39.0. The minimum Gasteiger partial charge on any atom is -0.373 e. The van der Waals surface area contributed by atoms with Gasteiger partial charge in [0.05, 0.1) is 0 Å². The number of rotatable bonds is 3. The van der Waals surface area contributed by atoms with Crippen LogP contribution in [-0.4, -0.2) is 17.0 Å². The number of alkyl halides is 3. The standard InChI is InChI=1S/C12H9BrF3N3S/c1-17-9-6-10(19-11(18-9)12(14,15)16)20-8-4-2-3-7(13)5-8/h2-6H,1H3,(H,17,18,19). The first-order chi connectivity index (χ1) is 9.38. The summed E-state index contributed by atoms with van der Waals surface area (Å²) in [6.07, 6.45) is -4.57. The molecule has 0 saturated heterocycles. The second-order valence-electron chi connectivity index (χ2n) is 3.72. The van der Waals surface area contributed by atoms with Gasteiger partial charge in [-0.2, -0.15) is 13.2 Å². The van der Waals surface area contributed by atoms with Crippen molar-refractivity contribution >= 4 is 33.5 Å². The lowest BCUT2D eigenvalue weighted by molar-refractivity contribution is -0.145. The van der Waals surface area contributed by atoms with Crippen molar-refractivity contribution < 1.29 is 13.2 Å². The number of anilines is 1. The lowest BCUT2D eigenvalue weighted by atomic mass is 10.4. The summed E-state index contributed by atoms with van der Waals surface area (Å²) in [7, 11) is 1.51. The molecule has 0 amide bonds. The van der Waals surface area contributed by atoms with Crippen LogP contribution < -0.4 is 5.32 Å². The van der Waals surface area contributed by atoms with E-state index in [1.54, 1.807) is 18.2 Å². The molecule has 1 heterocycles. The van der Waals surface area contributed by atoms with Crippen LogP contribution in [0.15, 0.2) is 44.7 Å². The summed E-state index contributed by atoms with van der Waals surface area (Å²) in [4.78, 5) is 7.75. The van der Waals surface area contributed by atoms with Gasteiger partial charge in [0.1, 0.15) is 10.8 Å². The van der Waals surface area contributed by atoms with Crippen molar-refractivity contribution in [2.24, 2.45) is 0 Å². The molecule has 0 spiro atoms. The molecule has 20 heavy (non-hydrogen) atoms. The molecule has 0 atom stereocenters. The van der Waals surface area contributed by atoms with Gasteiger partial charge >= 0.3 is 6.18 Å². The SMILES string of the molecule is CNc1cc(Sc2cccc(Br)c2)nc(C(F)(F)F)n1. The molecule has 0 bridgehead atoms. The van der Waals surface area contributed by atoms with Crippen LogP contribution in [0.2, 0.25) is 0 Å². The van der Waals surface area contributed by atoms with E-state index in [0.717, 1.165) is 21.1 Å². The van der Waals surface area contributed by atoms with E-state index < -0.39 is 12.0 Å². The van der Waals surface area contributed by atoms with E-state index in [1.807, 2.05) is 6.07 Å². The van der Waals surface area contributed by atoms with Crippen LogP contribution in [0.25, 0.3) is 0 Å². The number of benzene rings is 1. The number of hydrogen-bond acceptors (Lipinski definition) is 4. The van der Waals surface area contributed by atoms with Gasteiger partial charge in [-0.15, -0.1) is 0 Å². The summed E-state index contributed by atoms with van der Waals surface area (Å²) in [5.41, 5.74) is 0. The third kappa shape index (κ3) is 3.86. The Bertz CT molecular complexity index is 619. The smallest absolute Gasteiger partial charge is 0.373 e. The first-order valence-corrected chi connectivity index (χ1v) is 7.07. The number of nitrogens with zero attached hydrogens (tertiary/aromatic N) is 2. The van der Waals surface area contributed by atoms with Gasteiger partial charge in [-0.25, -0.2) is 9.97 Å². The lowest BCUT2D eigenvalue weighted by Crippen LogP contribution is -2.12. The van der Waals surface area contributed by atoms with Crippen LogP contribution in [0.1, 0.15) is 5.82 Å². The maximum atomic E-state index is 12.7. The molecule has 0 radical (unpaired) electrons. The molecule has 1 aromatic carbocycles. The van der Waals surface area contributed by atoms with Crippen molar-refractivity contribution in [1.29, 1.82) is 0 Å². The molecular formula is C12H9BrF3N3S. The third-order valence-corrected chi connectivity index (χ3v) is 3.63. The molecule has 0 aliphatic heterocycles. The Labute approximate surface area is 126 Å². The van der Waals surface area contributed by atoms with Crippen molar-refractivity contribution in [1.82, 2.24) is 9.97 Å². The van der Waals surface area contributed by atoms with Gasteiger partial charge in [0, 0.05) is 22.5 Å². The normalized spacial score (nSPS) is 11.4. The second-order valence-corrected chi connectivity index (χ2v) is 5.73. The molecular weight excluding hydrogens is 355 g/mol. The van der Waals surface area contributed by atoms with Gasteiger partial charge in [-0.3, -0.25) is 0 Å². The largest absolute Gasteiger partial charge is 0.451 e. The Morgan fingerprint density at radius 3 is 2.55 bits per heavy atom. The van der Waals surface area contributed by atoms with Crippen molar-refractivity contribution in [3.63, 3.8) is 0 Å². The maximum absolute atomic E-state index is 12.7. The molecule has 0 aliphatic carbocycles. The van der Waals surface area contributed by atoms with Gasteiger partial charge in [-0.05, 0) is 18.2 Å². The van der Waals surface area contributed by atoms with E-state index in [1.165, 1.54) is 13.1 Å². The molecule has 106 valence electrons. The fourth-order valence-electron chi connectivity index (χ4n) is 1.38. The summed E-state index contributed by atoms with van der Waals surface area (Å²) in [6.45, 7) is 0. The van der Waals surface area contributed by atoms with E-state index in [4.69, 9.17) is 0 Å². The first-order valence-electron chi connectivity index (χ1n) is 5.46. The zero-order chi connectivity index (χ0) is 14.8. The Kier molecular flexibility index (Phi) is 4.54.